The molecule has 0 aromatic heterocycles. The normalized spacial score (nSPS) is 13.3. The Morgan fingerprint density at radius 3 is 2.00 bits per heavy atom. The lowest BCUT2D eigenvalue weighted by Gasteiger charge is -2.25. The van der Waals surface area contributed by atoms with Gasteiger partial charge < -0.3 is 10.5 Å². The second-order valence-corrected chi connectivity index (χ2v) is 5.97. The smallest absolute Gasteiger partial charge is 0.310 e. The predicted molar refractivity (Wildman–Crippen MR) is 88.4 cm³/mol. The van der Waals surface area contributed by atoms with Gasteiger partial charge in [0.1, 0.15) is 0 Å². The Morgan fingerprint density at radius 1 is 1.00 bits per heavy atom. The van der Waals surface area contributed by atoms with Crippen molar-refractivity contribution in [3.05, 3.63) is 71.8 Å². The molecule has 2 N–H and O–H groups in total. The highest BCUT2D eigenvalue weighted by atomic mass is 16.4. The first-order valence-corrected chi connectivity index (χ1v) is 7.37. The molecule has 1 atom stereocenters. The maximum absolute atomic E-state index is 11.7. The Balaban J connectivity index is 2.07. The number of benzene rings is 2. The SMILES string of the molecule is CC(CC(=N)Cc1ccccc1)(Cc1ccccc1)C(=O)O. The van der Waals surface area contributed by atoms with Crippen molar-refractivity contribution in [2.45, 2.75) is 26.2 Å². The lowest BCUT2D eigenvalue weighted by atomic mass is 9.78. The average molecular weight is 295 g/mol. The van der Waals surface area contributed by atoms with Gasteiger partial charge in [-0.25, -0.2) is 0 Å². The summed E-state index contributed by atoms with van der Waals surface area (Å²) in [5, 5.41) is 17.8. The Kier molecular flexibility index (Phi) is 5.10. The van der Waals surface area contributed by atoms with Gasteiger partial charge in [-0.1, -0.05) is 60.7 Å². The lowest BCUT2D eigenvalue weighted by molar-refractivity contribution is -0.147. The molecule has 0 saturated carbocycles. The zero-order valence-electron chi connectivity index (χ0n) is 12.8. The van der Waals surface area contributed by atoms with Crippen molar-refractivity contribution in [2.24, 2.45) is 5.41 Å². The fourth-order valence-electron chi connectivity index (χ4n) is 2.64. The van der Waals surface area contributed by atoms with E-state index in [1.54, 1.807) is 6.92 Å². The summed E-state index contributed by atoms with van der Waals surface area (Å²) in [4.78, 5) is 11.7. The molecule has 3 nitrogen and oxygen atoms in total. The van der Waals surface area contributed by atoms with Gasteiger partial charge in [-0.15, -0.1) is 0 Å². The highest BCUT2D eigenvalue weighted by molar-refractivity contribution is 5.89. The third kappa shape index (κ3) is 4.29. The second-order valence-electron chi connectivity index (χ2n) is 5.97. The number of aliphatic carboxylic acids is 1. The maximum Gasteiger partial charge on any atom is 0.310 e. The van der Waals surface area contributed by atoms with Crippen molar-refractivity contribution >= 4 is 11.7 Å². The van der Waals surface area contributed by atoms with Crippen molar-refractivity contribution in [3.8, 4) is 0 Å². The van der Waals surface area contributed by atoms with Gasteiger partial charge in [0.2, 0.25) is 0 Å². The van der Waals surface area contributed by atoms with Crippen LogP contribution in [0.2, 0.25) is 0 Å². The van der Waals surface area contributed by atoms with Crippen LogP contribution in [0.5, 0.6) is 0 Å². The number of hydrogen-bond acceptors (Lipinski definition) is 2. The van der Waals surface area contributed by atoms with Crippen LogP contribution in [0.4, 0.5) is 0 Å². The maximum atomic E-state index is 11.7. The molecular weight excluding hydrogens is 274 g/mol. The van der Waals surface area contributed by atoms with Crippen LogP contribution in [-0.4, -0.2) is 16.8 Å². The van der Waals surface area contributed by atoms with Crippen molar-refractivity contribution in [1.29, 1.82) is 5.41 Å². The second kappa shape index (κ2) is 7.03. The predicted octanol–water partition coefficient (Wildman–Crippen LogP) is 3.97. The molecule has 114 valence electrons. The van der Waals surface area contributed by atoms with Crippen molar-refractivity contribution in [2.75, 3.05) is 0 Å². The van der Waals surface area contributed by atoms with Gasteiger partial charge in [0, 0.05) is 18.6 Å². The molecule has 1 unspecified atom stereocenters. The van der Waals surface area contributed by atoms with E-state index in [1.165, 1.54) is 0 Å². The van der Waals surface area contributed by atoms with Gasteiger partial charge in [0.25, 0.3) is 0 Å². The molecule has 0 spiro atoms. The molecule has 0 heterocycles. The minimum Gasteiger partial charge on any atom is -0.481 e. The van der Waals surface area contributed by atoms with Crippen LogP contribution in [0.15, 0.2) is 60.7 Å². The lowest BCUT2D eigenvalue weighted by Crippen LogP contribution is -2.33. The molecule has 0 aliphatic rings. The quantitative estimate of drug-likeness (QED) is 0.759. The first-order chi connectivity index (χ1) is 10.5. The van der Waals surface area contributed by atoms with E-state index in [1.807, 2.05) is 60.7 Å². The fraction of sp³-hybridized carbons (Fsp3) is 0.263. The van der Waals surface area contributed by atoms with Crippen LogP contribution in [0.25, 0.3) is 0 Å². The molecule has 2 aromatic carbocycles. The summed E-state index contributed by atoms with van der Waals surface area (Å²) in [5.41, 5.74) is 1.53. The summed E-state index contributed by atoms with van der Waals surface area (Å²) in [5.74, 6) is -0.853. The molecule has 2 rings (SSSR count). The zero-order valence-corrected chi connectivity index (χ0v) is 12.8. The Labute approximate surface area is 131 Å². The van der Waals surface area contributed by atoms with E-state index in [0.29, 0.717) is 18.6 Å². The topological polar surface area (TPSA) is 61.2 Å². The van der Waals surface area contributed by atoms with Gasteiger partial charge in [-0.05, 0) is 24.5 Å². The summed E-state index contributed by atoms with van der Waals surface area (Å²) in [7, 11) is 0. The van der Waals surface area contributed by atoms with Gasteiger partial charge in [-0.3, -0.25) is 4.79 Å². The van der Waals surface area contributed by atoms with Crippen molar-refractivity contribution in [1.82, 2.24) is 0 Å². The monoisotopic (exact) mass is 295 g/mol. The summed E-state index contributed by atoms with van der Waals surface area (Å²) in [6, 6.07) is 19.3. The first kappa shape index (κ1) is 16.0. The molecule has 2 aromatic rings. The Bertz CT molecular complexity index is 637. The molecule has 22 heavy (non-hydrogen) atoms. The molecule has 0 radical (unpaired) electrons. The van der Waals surface area contributed by atoms with E-state index >= 15 is 0 Å². The van der Waals surface area contributed by atoms with Crippen LogP contribution >= 0.6 is 0 Å². The van der Waals surface area contributed by atoms with Crippen LogP contribution in [0, 0.1) is 10.8 Å². The zero-order chi connectivity index (χ0) is 16.0. The number of carbonyl (C=O) groups is 1. The van der Waals surface area contributed by atoms with E-state index in [-0.39, 0.29) is 6.42 Å². The van der Waals surface area contributed by atoms with E-state index in [0.717, 1.165) is 11.1 Å². The molecule has 0 aliphatic carbocycles. The average Bonchev–Trinajstić information content (AvgIpc) is 2.48. The first-order valence-electron chi connectivity index (χ1n) is 7.37. The van der Waals surface area contributed by atoms with Crippen LogP contribution in [0.3, 0.4) is 0 Å². The molecule has 0 aliphatic heterocycles. The fourth-order valence-corrected chi connectivity index (χ4v) is 2.64. The molecule has 0 bridgehead atoms. The Hall–Kier alpha value is -2.42. The van der Waals surface area contributed by atoms with Gasteiger partial charge >= 0.3 is 5.97 Å². The van der Waals surface area contributed by atoms with Gasteiger partial charge in [0.15, 0.2) is 0 Å². The van der Waals surface area contributed by atoms with E-state index in [4.69, 9.17) is 5.41 Å². The highest BCUT2D eigenvalue weighted by Crippen LogP contribution is 2.28. The number of rotatable bonds is 7. The van der Waals surface area contributed by atoms with Crippen molar-refractivity contribution in [3.63, 3.8) is 0 Å². The molecular formula is C19H21NO2. The summed E-state index contributed by atoms with van der Waals surface area (Å²) >= 11 is 0. The third-order valence-corrected chi connectivity index (χ3v) is 3.82. The standard InChI is InChI=1S/C19H21NO2/c1-19(18(21)22,13-16-10-6-3-7-11-16)14-17(20)12-15-8-4-2-5-9-15/h2-11,20H,12-14H2,1H3,(H,21,22). The van der Waals surface area contributed by atoms with E-state index in [2.05, 4.69) is 0 Å². The molecule has 0 amide bonds. The number of carboxylic acid groups (broad SMARTS) is 1. The summed E-state index contributed by atoms with van der Waals surface area (Å²) in [6.07, 6.45) is 1.19. The van der Waals surface area contributed by atoms with E-state index in [9.17, 15) is 9.90 Å². The summed E-state index contributed by atoms with van der Waals surface area (Å²) < 4.78 is 0. The van der Waals surface area contributed by atoms with Crippen LogP contribution in [-0.2, 0) is 17.6 Å². The summed E-state index contributed by atoms with van der Waals surface area (Å²) in [6.45, 7) is 1.72. The van der Waals surface area contributed by atoms with E-state index < -0.39 is 11.4 Å². The highest BCUT2D eigenvalue weighted by Gasteiger charge is 2.34. The third-order valence-electron chi connectivity index (χ3n) is 3.82. The van der Waals surface area contributed by atoms with Crippen molar-refractivity contribution < 1.29 is 9.90 Å². The van der Waals surface area contributed by atoms with Crippen LogP contribution < -0.4 is 0 Å². The largest absolute Gasteiger partial charge is 0.481 e. The molecule has 3 heteroatoms. The number of hydrogen-bond donors (Lipinski definition) is 2. The van der Waals surface area contributed by atoms with Gasteiger partial charge in [0.05, 0.1) is 5.41 Å². The Morgan fingerprint density at radius 2 is 1.50 bits per heavy atom. The minimum absolute atomic E-state index is 0.256. The van der Waals surface area contributed by atoms with Gasteiger partial charge in [-0.2, -0.15) is 0 Å². The minimum atomic E-state index is -0.951. The molecule has 0 saturated heterocycles. The van der Waals surface area contributed by atoms with Crippen LogP contribution in [0.1, 0.15) is 24.5 Å². The molecule has 0 fully saturated rings. The number of nitrogens with one attached hydrogen (secondary N) is 1. The number of carboxylic acids is 1.